The SMILES string of the molecule is O=C(Cc1ccc2ccccc2c1)N1CCC[C@H](c2cnccn2)C1. The number of carbonyl (C=O) groups excluding carboxylic acids is 1. The van der Waals surface area contributed by atoms with Gasteiger partial charge in [0.05, 0.1) is 12.1 Å². The van der Waals surface area contributed by atoms with Gasteiger partial charge in [-0.1, -0.05) is 42.5 Å². The van der Waals surface area contributed by atoms with E-state index >= 15 is 0 Å². The molecule has 0 saturated carbocycles. The summed E-state index contributed by atoms with van der Waals surface area (Å²) in [7, 11) is 0. The van der Waals surface area contributed by atoms with Gasteiger partial charge in [0.15, 0.2) is 0 Å². The van der Waals surface area contributed by atoms with Gasteiger partial charge in [0.25, 0.3) is 0 Å². The van der Waals surface area contributed by atoms with Gasteiger partial charge >= 0.3 is 0 Å². The molecule has 0 unspecified atom stereocenters. The Morgan fingerprint density at radius 1 is 1.12 bits per heavy atom. The van der Waals surface area contributed by atoms with E-state index in [1.54, 1.807) is 12.4 Å². The minimum Gasteiger partial charge on any atom is -0.342 e. The lowest BCUT2D eigenvalue weighted by Crippen LogP contribution is -2.40. The first-order valence-corrected chi connectivity index (χ1v) is 8.81. The van der Waals surface area contributed by atoms with Gasteiger partial charge in [-0.25, -0.2) is 0 Å². The monoisotopic (exact) mass is 331 g/mol. The molecule has 2 aromatic carbocycles. The quantitative estimate of drug-likeness (QED) is 0.737. The van der Waals surface area contributed by atoms with E-state index in [1.165, 1.54) is 10.8 Å². The third kappa shape index (κ3) is 3.53. The lowest BCUT2D eigenvalue weighted by molar-refractivity contribution is -0.131. The normalized spacial score (nSPS) is 17.6. The zero-order chi connectivity index (χ0) is 17.1. The number of nitrogens with zero attached hydrogens (tertiary/aromatic N) is 3. The molecule has 0 spiro atoms. The first kappa shape index (κ1) is 15.8. The van der Waals surface area contributed by atoms with Crippen LogP contribution < -0.4 is 0 Å². The molecular formula is C21H21N3O. The second-order valence-corrected chi connectivity index (χ2v) is 6.67. The molecule has 4 nitrogen and oxygen atoms in total. The predicted octanol–water partition coefficient (Wildman–Crippen LogP) is 3.58. The predicted molar refractivity (Wildman–Crippen MR) is 98.2 cm³/mol. The summed E-state index contributed by atoms with van der Waals surface area (Å²) in [6, 6.07) is 14.5. The van der Waals surface area contributed by atoms with Crippen LogP contribution in [0.5, 0.6) is 0 Å². The molecular weight excluding hydrogens is 310 g/mol. The highest BCUT2D eigenvalue weighted by Gasteiger charge is 2.25. The highest BCUT2D eigenvalue weighted by Crippen LogP contribution is 2.25. The summed E-state index contributed by atoms with van der Waals surface area (Å²) < 4.78 is 0. The van der Waals surface area contributed by atoms with Crippen LogP contribution in [0.3, 0.4) is 0 Å². The fourth-order valence-corrected chi connectivity index (χ4v) is 3.60. The number of carbonyl (C=O) groups is 1. The van der Waals surface area contributed by atoms with Crippen LogP contribution in [0.2, 0.25) is 0 Å². The zero-order valence-corrected chi connectivity index (χ0v) is 14.1. The molecule has 0 bridgehead atoms. The summed E-state index contributed by atoms with van der Waals surface area (Å²) in [6.45, 7) is 1.58. The molecule has 1 saturated heterocycles. The molecule has 0 N–H and O–H groups in total. The molecule has 1 fully saturated rings. The topological polar surface area (TPSA) is 46.1 Å². The van der Waals surface area contributed by atoms with E-state index in [1.807, 2.05) is 23.2 Å². The second kappa shape index (κ2) is 7.01. The van der Waals surface area contributed by atoms with Gasteiger partial charge in [0, 0.05) is 37.6 Å². The standard InChI is InChI=1S/C21H21N3O/c25-21(13-16-7-8-17-4-1-2-5-18(17)12-16)24-11-3-6-19(15-24)20-14-22-9-10-23-20/h1-2,4-5,7-10,12,14,19H,3,6,11,13,15H2/t19-/m0/s1. The smallest absolute Gasteiger partial charge is 0.227 e. The highest BCUT2D eigenvalue weighted by molar-refractivity contribution is 5.85. The highest BCUT2D eigenvalue weighted by atomic mass is 16.2. The number of rotatable bonds is 3. The van der Waals surface area contributed by atoms with Crippen molar-refractivity contribution < 1.29 is 4.79 Å². The molecule has 2 heterocycles. The van der Waals surface area contributed by atoms with Crippen molar-refractivity contribution >= 4 is 16.7 Å². The number of fused-ring (bicyclic) bond motifs is 1. The van der Waals surface area contributed by atoms with Gasteiger partial charge in [-0.05, 0) is 29.2 Å². The van der Waals surface area contributed by atoms with Crippen molar-refractivity contribution in [2.75, 3.05) is 13.1 Å². The van der Waals surface area contributed by atoms with E-state index in [0.29, 0.717) is 12.3 Å². The Balaban J connectivity index is 1.46. The Morgan fingerprint density at radius 2 is 2.00 bits per heavy atom. The lowest BCUT2D eigenvalue weighted by atomic mass is 9.94. The maximum Gasteiger partial charge on any atom is 0.227 e. The molecule has 1 aliphatic rings. The van der Waals surface area contributed by atoms with Crippen LogP contribution in [0, 0.1) is 0 Å². The van der Waals surface area contributed by atoms with Crippen molar-refractivity contribution in [2.45, 2.75) is 25.2 Å². The molecule has 1 amide bonds. The molecule has 1 aromatic heterocycles. The summed E-state index contributed by atoms with van der Waals surface area (Å²) in [5, 5.41) is 2.39. The number of hydrogen-bond acceptors (Lipinski definition) is 3. The van der Waals surface area contributed by atoms with Gasteiger partial charge in [0.2, 0.25) is 5.91 Å². The van der Waals surface area contributed by atoms with E-state index in [-0.39, 0.29) is 5.91 Å². The molecule has 25 heavy (non-hydrogen) atoms. The van der Waals surface area contributed by atoms with Crippen molar-refractivity contribution in [1.82, 2.24) is 14.9 Å². The molecule has 1 atom stereocenters. The minimum absolute atomic E-state index is 0.198. The lowest BCUT2D eigenvalue weighted by Gasteiger charge is -2.32. The van der Waals surface area contributed by atoms with Crippen LogP contribution in [0.4, 0.5) is 0 Å². The van der Waals surface area contributed by atoms with E-state index in [0.717, 1.165) is 37.2 Å². The van der Waals surface area contributed by atoms with Gasteiger partial charge in [-0.15, -0.1) is 0 Å². The molecule has 4 heteroatoms. The van der Waals surface area contributed by atoms with Crippen molar-refractivity contribution in [2.24, 2.45) is 0 Å². The van der Waals surface area contributed by atoms with Gasteiger partial charge in [-0.2, -0.15) is 0 Å². The summed E-state index contributed by atoms with van der Waals surface area (Å²) in [5.74, 6) is 0.492. The third-order valence-corrected chi connectivity index (χ3v) is 4.94. The van der Waals surface area contributed by atoms with Crippen LogP contribution in [-0.4, -0.2) is 33.9 Å². The van der Waals surface area contributed by atoms with E-state index in [4.69, 9.17) is 0 Å². The van der Waals surface area contributed by atoms with Crippen LogP contribution >= 0.6 is 0 Å². The van der Waals surface area contributed by atoms with E-state index in [9.17, 15) is 4.79 Å². The summed E-state index contributed by atoms with van der Waals surface area (Å²) >= 11 is 0. The first-order valence-electron chi connectivity index (χ1n) is 8.81. The van der Waals surface area contributed by atoms with Gasteiger partial charge in [0.1, 0.15) is 0 Å². The third-order valence-electron chi connectivity index (χ3n) is 4.94. The number of aromatic nitrogens is 2. The van der Waals surface area contributed by atoms with Crippen LogP contribution in [-0.2, 0) is 11.2 Å². The molecule has 3 aromatic rings. The van der Waals surface area contributed by atoms with Crippen LogP contribution in [0.1, 0.15) is 30.0 Å². The van der Waals surface area contributed by atoms with Crippen LogP contribution in [0.25, 0.3) is 10.8 Å². The Labute approximate surface area is 147 Å². The van der Waals surface area contributed by atoms with E-state index < -0.39 is 0 Å². The average Bonchev–Trinajstić information content (AvgIpc) is 2.69. The average molecular weight is 331 g/mol. The molecule has 0 radical (unpaired) electrons. The van der Waals surface area contributed by atoms with Gasteiger partial charge < -0.3 is 4.90 Å². The van der Waals surface area contributed by atoms with Gasteiger partial charge in [-0.3, -0.25) is 14.8 Å². The Morgan fingerprint density at radius 3 is 2.84 bits per heavy atom. The first-order chi connectivity index (χ1) is 12.3. The fraction of sp³-hybridized carbons (Fsp3) is 0.286. The fourth-order valence-electron chi connectivity index (χ4n) is 3.60. The molecule has 1 aliphatic heterocycles. The van der Waals surface area contributed by atoms with Crippen molar-refractivity contribution in [3.63, 3.8) is 0 Å². The van der Waals surface area contributed by atoms with Crippen molar-refractivity contribution in [1.29, 1.82) is 0 Å². The molecule has 0 aliphatic carbocycles. The molecule has 126 valence electrons. The largest absolute Gasteiger partial charge is 0.342 e. The number of likely N-dealkylation sites (tertiary alicyclic amines) is 1. The number of amides is 1. The Bertz CT molecular complexity index is 878. The number of hydrogen-bond donors (Lipinski definition) is 0. The Kier molecular flexibility index (Phi) is 4.42. The van der Waals surface area contributed by atoms with Crippen molar-refractivity contribution in [3.05, 3.63) is 72.3 Å². The zero-order valence-electron chi connectivity index (χ0n) is 14.1. The molecule has 4 rings (SSSR count). The van der Waals surface area contributed by atoms with E-state index in [2.05, 4.69) is 40.3 Å². The Hall–Kier alpha value is -2.75. The summed E-state index contributed by atoms with van der Waals surface area (Å²) in [4.78, 5) is 23.3. The van der Waals surface area contributed by atoms with Crippen molar-refractivity contribution in [3.8, 4) is 0 Å². The maximum absolute atomic E-state index is 12.8. The number of benzene rings is 2. The maximum atomic E-state index is 12.8. The minimum atomic E-state index is 0.198. The van der Waals surface area contributed by atoms with Crippen LogP contribution in [0.15, 0.2) is 61.1 Å². The summed E-state index contributed by atoms with van der Waals surface area (Å²) in [6.07, 6.45) is 7.78. The summed E-state index contributed by atoms with van der Waals surface area (Å²) in [5.41, 5.74) is 2.07. The second-order valence-electron chi connectivity index (χ2n) is 6.67. The number of piperidine rings is 1.